The standard InChI is InChI=1S/C27H23N3O2/c1-29(21-12-3-2-4-13-21)27(31)18-30-24-16-8-7-15-23(24)28-26(30)19-32-25-17-9-11-20-10-5-6-14-22(20)25/h2-17H,18-19H2,1H3. The van der Waals surface area contributed by atoms with E-state index in [1.54, 1.807) is 11.9 Å². The van der Waals surface area contributed by atoms with Crippen molar-refractivity contribution in [2.24, 2.45) is 0 Å². The van der Waals surface area contributed by atoms with Gasteiger partial charge in [-0.3, -0.25) is 4.79 Å². The summed E-state index contributed by atoms with van der Waals surface area (Å²) in [7, 11) is 1.79. The second-order valence-electron chi connectivity index (χ2n) is 7.66. The maximum absolute atomic E-state index is 13.1. The van der Waals surface area contributed by atoms with Crippen LogP contribution in [0.3, 0.4) is 0 Å². The van der Waals surface area contributed by atoms with E-state index in [0.717, 1.165) is 33.2 Å². The van der Waals surface area contributed by atoms with Gasteiger partial charge < -0.3 is 14.2 Å². The zero-order valence-corrected chi connectivity index (χ0v) is 17.8. The van der Waals surface area contributed by atoms with Crippen molar-refractivity contribution in [1.29, 1.82) is 0 Å². The van der Waals surface area contributed by atoms with Crippen LogP contribution in [0.4, 0.5) is 5.69 Å². The van der Waals surface area contributed by atoms with Crippen molar-refractivity contribution in [2.45, 2.75) is 13.2 Å². The normalized spacial score (nSPS) is 11.0. The van der Waals surface area contributed by atoms with E-state index in [4.69, 9.17) is 9.72 Å². The second kappa shape index (κ2) is 8.55. The summed E-state index contributed by atoms with van der Waals surface area (Å²) < 4.78 is 8.14. The number of nitrogens with zero attached hydrogens (tertiary/aromatic N) is 3. The molecular weight excluding hydrogens is 398 g/mol. The lowest BCUT2D eigenvalue weighted by atomic mass is 10.1. The molecule has 0 aliphatic heterocycles. The fourth-order valence-electron chi connectivity index (χ4n) is 3.91. The molecule has 1 aromatic heterocycles. The van der Waals surface area contributed by atoms with Crippen molar-refractivity contribution in [3.8, 4) is 5.75 Å². The van der Waals surface area contributed by atoms with Crippen LogP contribution in [0.5, 0.6) is 5.75 Å². The summed E-state index contributed by atoms with van der Waals surface area (Å²) in [5, 5.41) is 2.18. The first-order chi connectivity index (χ1) is 15.7. The molecule has 158 valence electrons. The first-order valence-corrected chi connectivity index (χ1v) is 10.6. The zero-order chi connectivity index (χ0) is 21.9. The first kappa shape index (κ1) is 19.8. The number of carbonyl (C=O) groups is 1. The molecule has 5 rings (SSSR count). The number of para-hydroxylation sites is 3. The number of fused-ring (bicyclic) bond motifs is 2. The molecule has 5 heteroatoms. The van der Waals surface area contributed by atoms with Crippen molar-refractivity contribution in [1.82, 2.24) is 9.55 Å². The number of rotatable bonds is 6. The van der Waals surface area contributed by atoms with Crippen LogP contribution in [0.1, 0.15) is 5.82 Å². The minimum absolute atomic E-state index is 0.0224. The van der Waals surface area contributed by atoms with Crippen LogP contribution in [0.15, 0.2) is 97.1 Å². The van der Waals surface area contributed by atoms with Crippen molar-refractivity contribution < 1.29 is 9.53 Å². The summed E-state index contributed by atoms with van der Waals surface area (Å²) in [6.45, 7) is 0.450. The fraction of sp³-hybridized carbons (Fsp3) is 0.111. The van der Waals surface area contributed by atoms with Crippen LogP contribution in [0, 0.1) is 0 Å². The van der Waals surface area contributed by atoms with Crippen LogP contribution < -0.4 is 9.64 Å². The first-order valence-electron chi connectivity index (χ1n) is 10.6. The Bertz CT molecular complexity index is 1390. The van der Waals surface area contributed by atoms with Gasteiger partial charge in [0, 0.05) is 18.1 Å². The number of ether oxygens (including phenoxy) is 1. The number of amides is 1. The Morgan fingerprint density at radius 1 is 0.875 bits per heavy atom. The SMILES string of the molecule is CN(C(=O)Cn1c(COc2cccc3ccccc23)nc2ccccc21)c1ccccc1. The number of likely N-dealkylation sites (N-methyl/N-ethyl adjacent to an activating group) is 1. The Hall–Kier alpha value is -4.12. The third-order valence-electron chi connectivity index (χ3n) is 5.65. The number of benzene rings is 4. The molecule has 1 heterocycles. The smallest absolute Gasteiger partial charge is 0.246 e. The number of aromatic nitrogens is 2. The molecule has 0 spiro atoms. The Morgan fingerprint density at radius 2 is 1.59 bits per heavy atom. The predicted molar refractivity (Wildman–Crippen MR) is 128 cm³/mol. The van der Waals surface area contributed by atoms with E-state index in [-0.39, 0.29) is 19.1 Å². The van der Waals surface area contributed by atoms with Gasteiger partial charge >= 0.3 is 0 Å². The van der Waals surface area contributed by atoms with Crippen LogP contribution in [0.25, 0.3) is 21.8 Å². The molecule has 0 N–H and O–H groups in total. The van der Waals surface area contributed by atoms with Crippen LogP contribution >= 0.6 is 0 Å². The molecule has 0 aliphatic carbocycles. The third kappa shape index (κ3) is 3.81. The molecule has 4 aromatic carbocycles. The van der Waals surface area contributed by atoms with Crippen molar-refractivity contribution in [2.75, 3.05) is 11.9 Å². The minimum Gasteiger partial charge on any atom is -0.485 e. The molecule has 0 atom stereocenters. The van der Waals surface area contributed by atoms with Gasteiger partial charge in [-0.2, -0.15) is 0 Å². The van der Waals surface area contributed by atoms with Crippen LogP contribution in [0.2, 0.25) is 0 Å². The van der Waals surface area contributed by atoms with Gasteiger partial charge in [-0.15, -0.1) is 0 Å². The lowest BCUT2D eigenvalue weighted by molar-refractivity contribution is -0.118. The molecule has 0 fully saturated rings. The average molecular weight is 422 g/mol. The number of anilines is 1. The monoisotopic (exact) mass is 421 g/mol. The van der Waals surface area contributed by atoms with Gasteiger partial charge in [-0.05, 0) is 35.7 Å². The van der Waals surface area contributed by atoms with Gasteiger partial charge in [0.05, 0.1) is 11.0 Å². The molecular formula is C27H23N3O2. The molecule has 1 amide bonds. The molecule has 0 unspecified atom stereocenters. The van der Waals surface area contributed by atoms with Crippen molar-refractivity contribution >= 4 is 33.4 Å². The summed E-state index contributed by atoms with van der Waals surface area (Å²) in [6, 6.07) is 31.6. The zero-order valence-electron chi connectivity index (χ0n) is 17.8. The van der Waals surface area contributed by atoms with Gasteiger partial charge in [-0.1, -0.05) is 66.7 Å². The molecule has 32 heavy (non-hydrogen) atoms. The maximum atomic E-state index is 13.1. The lowest BCUT2D eigenvalue weighted by Crippen LogP contribution is -2.30. The molecule has 0 aliphatic rings. The Labute approximate surface area is 186 Å². The summed E-state index contributed by atoms with van der Waals surface area (Å²) in [5.41, 5.74) is 2.62. The van der Waals surface area contributed by atoms with Gasteiger partial charge in [0.25, 0.3) is 0 Å². The average Bonchev–Trinajstić information content (AvgIpc) is 3.20. The summed E-state index contributed by atoms with van der Waals surface area (Å²) in [5.74, 6) is 1.49. The summed E-state index contributed by atoms with van der Waals surface area (Å²) in [6.07, 6.45) is 0. The highest BCUT2D eigenvalue weighted by molar-refractivity contribution is 5.93. The number of hydrogen-bond donors (Lipinski definition) is 0. The van der Waals surface area contributed by atoms with Crippen LogP contribution in [-0.2, 0) is 17.9 Å². The third-order valence-corrected chi connectivity index (χ3v) is 5.65. The number of hydrogen-bond acceptors (Lipinski definition) is 3. The lowest BCUT2D eigenvalue weighted by Gasteiger charge is -2.19. The molecule has 5 nitrogen and oxygen atoms in total. The van der Waals surface area contributed by atoms with Gasteiger partial charge in [0.1, 0.15) is 24.7 Å². The highest BCUT2D eigenvalue weighted by Gasteiger charge is 2.17. The molecule has 0 saturated carbocycles. The summed E-state index contributed by atoms with van der Waals surface area (Å²) >= 11 is 0. The topological polar surface area (TPSA) is 47.4 Å². The fourth-order valence-corrected chi connectivity index (χ4v) is 3.91. The predicted octanol–water partition coefficient (Wildman–Crippen LogP) is 5.43. The molecule has 0 saturated heterocycles. The Morgan fingerprint density at radius 3 is 2.47 bits per heavy atom. The maximum Gasteiger partial charge on any atom is 0.246 e. The van der Waals surface area contributed by atoms with E-state index in [0.29, 0.717) is 5.82 Å². The highest BCUT2D eigenvalue weighted by Crippen LogP contribution is 2.26. The van der Waals surface area contributed by atoms with E-state index in [9.17, 15) is 4.79 Å². The van der Waals surface area contributed by atoms with Crippen molar-refractivity contribution in [3.63, 3.8) is 0 Å². The van der Waals surface area contributed by atoms with Gasteiger partial charge in [-0.25, -0.2) is 4.98 Å². The van der Waals surface area contributed by atoms with E-state index in [1.807, 2.05) is 89.5 Å². The molecule has 0 radical (unpaired) electrons. The largest absolute Gasteiger partial charge is 0.485 e. The van der Waals surface area contributed by atoms with Gasteiger partial charge in [0.15, 0.2) is 0 Å². The number of carbonyl (C=O) groups excluding carboxylic acids is 1. The second-order valence-corrected chi connectivity index (χ2v) is 7.66. The molecule has 5 aromatic rings. The molecule has 0 bridgehead atoms. The Kier molecular flexibility index (Phi) is 5.30. The quantitative estimate of drug-likeness (QED) is 0.367. The van der Waals surface area contributed by atoms with Gasteiger partial charge in [0.2, 0.25) is 5.91 Å². The van der Waals surface area contributed by atoms with E-state index in [1.165, 1.54) is 0 Å². The van der Waals surface area contributed by atoms with E-state index in [2.05, 4.69) is 12.1 Å². The van der Waals surface area contributed by atoms with E-state index >= 15 is 0 Å². The summed E-state index contributed by atoms with van der Waals surface area (Å²) in [4.78, 5) is 19.5. The Balaban J connectivity index is 1.44. The highest BCUT2D eigenvalue weighted by atomic mass is 16.5. The van der Waals surface area contributed by atoms with Crippen LogP contribution in [-0.4, -0.2) is 22.5 Å². The number of imidazole rings is 1. The van der Waals surface area contributed by atoms with Crippen molar-refractivity contribution in [3.05, 3.63) is 103 Å². The van der Waals surface area contributed by atoms with E-state index < -0.39 is 0 Å². The minimum atomic E-state index is -0.0224.